The van der Waals surface area contributed by atoms with E-state index < -0.39 is 0 Å². The molecule has 8 nitrogen and oxygen atoms in total. The number of methoxy groups -OCH3 is 1. The van der Waals surface area contributed by atoms with Crippen LogP contribution in [0.4, 0.5) is 0 Å². The van der Waals surface area contributed by atoms with Crippen molar-refractivity contribution in [1.29, 1.82) is 0 Å². The molecule has 1 aromatic heterocycles. The van der Waals surface area contributed by atoms with Crippen LogP contribution in [0.3, 0.4) is 0 Å². The number of rotatable bonds is 10. The van der Waals surface area contributed by atoms with Crippen LogP contribution < -0.4 is 25.1 Å². The summed E-state index contributed by atoms with van der Waals surface area (Å²) in [7, 11) is 1.61. The summed E-state index contributed by atoms with van der Waals surface area (Å²) in [5.74, 6) is 2.40. The highest BCUT2D eigenvalue weighted by atomic mass is 35.5. The Morgan fingerprint density at radius 3 is 2.53 bits per heavy atom. The number of aromatic nitrogens is 2. The number of fused-ring (bicyclic) bond motifs is 2. The van der Waals surface area contributed by atoms with Gasteiger partial charge in [-0.3, -0.25) is 14.2 Å². The van der Waals surface area contributed by atoms with Gasteiger partial charge in [0.05, 0.1) is 18.0 Å². The van der Waals surface area contributed by atoms with Gasteiger partial charge < -0.3 is 19.5 Å². The van der Waals surface area contributed by atoms with Crippen LogP contribution in [0.1, 0.15) is 24.0 Å². The maximum atomic E-state index is 13.5. The summed E-state index contributed by atoms with van der Waals surface area (Å²) in [5.41, 5.74) is 2.41. The monoisotopic (exact) mass is 551 g/mol. The first-order chi connectivity index (χ1) is 18.5. The number of amides is 1. The van der Waals surface area contributed by atoms with E-state index in [2.05, 4.69) is 5.32 Å². The number of halogens is 1. The zero-order valence-corrected chi connectivity index (χ0v) is 22.3. The minimum absolute atomic E-state index is 0.0821. The molecule has 0 radical (unpaired) electrons. The molecule has 0 atom stereocenters. The van der Waals surface area contributed by atoms with Crippen LogP contribution in [0.5, 0.6) is 17.2 Å². The molecular weight excluding hydrogens is 526 g/mol. The third-order valence-electron chi connectivity index (χ3n) is 6.13. The predicted molar refractivity (Wildman–Crippen MR) is 147 cm³/mol. The molecule has 5 rings (SSSR count). The highest BCUT2D eigenvalue weighted by Crippen LogP contribution is 2.35. The minimum Gasteiger partial charge on any atom is -0.497 e. The largest absolute Gasteiger partial charge is 0.497 e. The van der Waals surface area contributed by atoms with E-state index in [0.717, 1.165) is 16.9 Å². The SMILES string of the molecule is COc1ccc(CNC(=O)CCCn2c(SCc3ccc(Cl)cc3)nc3cc4c(cc3c2=O)OCO4)cc1. The number of ether oxygens (including phenoxy) is 3. The molecule has 0 aliphatic carbocycles. The van der Waals surface area contributed by atoms with Crippen LogP contribution in [0.2, 0.25) is 5.02 Å². The van der Waals surface area contributed by atoms with Gasteiger partial charge in [-0.2, -0.15) is 0 Å². The van der Waals surface area contributed by atoms with E-state index in [1.165, 1.54) is 11.8 Å². The van der Waals surface area contributed by atoms with Gasteiger partial charge >= 0.3 is 0 Å². The van der Waals surface area contributed by atoms with Crippen molar-refractivity contribution in [2.24, 2.45) is 0 Å². The van der Waals surface area contributed by atoms with E-state index in [1.807, 2.05) is 48.5 Å². The number of hydrogen-bond acceptors (Lipinski definition) is 7. The van der Waals surface area contributed by atoms with E-state index in [1.54, 1.807) is 23.8 Å². The maximum Gasteiger partial charge on any atom is 0.262 e. The van der Waals surface area contributed by atoms with Gasteiger partial charge in [0.2, 0.25) is 12.7 Å². The molecule has 38 heavy (non-hydrogen) atoms. The molecule has 1 amide bonds. The molecular formula is C28H26ClN3O5S. The summed E-state index contributed by atoms with van der Waals surface area (Å²) < 4.78 is 17.7. The molecule has 0 unspecified atom stereocenters. The summed E-state index contributed by atoms with van der Waals surface area (Å²) in [5, 5.41) is 4.63. The lowest BCUT2D eigenvalue weighted by molar-refractivity contribution is -0.121. The fourth-order valence-corrected chi connectivity index (χ4v) is 5.16. The minimum atomic E-state index is -0.175. The molecule has 0 fully saturated rings. The molecule has 10 heteroatoms. The normalized spacial score (nSPS) is 12.1. The van der Waals surface area contributed by atoms with Crippen molar-refractivity contribution in [3.05, 3.63) is 87.2 Å². The van der Waals surface area contributed by atoms with Crippen LogP contribution in [-0.2, 0) is 23.6 Å². The molecule has 1 N–H and O–H groups in total. The van der Waals surface area contributed by atoms with Gasteiger partial charge in [-0.25, -0.2) is 4.98 Å². The fourth-order valence-electron chi connectivity index (χ4n) is 4.06. The van der Waals surface area contributed by atoms with E-state index in [0.29, 0.717) is 57.8 Å². The molecule has 0 bridgehead atoms. The van der Waals surface area contributed by atoms with Crippen LogP contribution in [0.25, 0.3) is 10.9 Å². The Bertz CT molecular complexity index is 1510. The molecule has 4 aromatic rings. The average molecular weight is 552 g/mol. The Morgan fingerprint density at radius 1 is 1.08 bits per heavy atom. The third kappa shape index (κ3) is 6.06. The van der Waals surface area contributed by atoms with Crippen LogP contribution in [-0.4, -0.2) is 29.4 Å². The van der Waals surface area contributed by atoms with Crippen molar-refractivity contribution in [3.8, 4) is 17.2 Å². The van der Waals surface area contributed by atoms with Gasteiger partial charge in [0.1, 0.15) is 5.75 Å². The first-order valence-electron chi connectivity index (χ1n) is 12.1. The van der Waals surface area contributed by atoms with E-state index in [-0.39, 0.29) is 24.7 Å². The fraction of sp³-hybridized carbons (Fsp3) is 0.250. The Hall–Kier alpha value is -3.69. The zero-order chi connectivity index (χ0) is 26.5. The molecule has 1 aliphatic rings. The van der Waals surface area contributed by atoms with Crippen LogP contribution in [0.15, 0.2) is 70.6 Å². The molecule has 2 heterocycles. The molecule has 0 spiro atoms. The average Bonchev–Trinajstić information content (AvgIpc) is 3.40. The topological polar surface area (TPSA) is 91.7 Å². The van der Waals surface area contributed by atoms with Gasteiger partial charge in [0, 0.05) is 36.4 Å². The van der Waals surface area contributed by atoms with Crippen molar-refractivity contribution < 1.29 is 19.0 Å². The Morgan fingerprint density at radius 2 is 1.79 bits per heavy atom. The molecule has 0 saturated carbocycles. The van der Waals surface area contributed by atoms with Crippen molar-refractivity contribution in [2.75, 3.05) is 13.9 Å². The first kappa shape index (κ1) is 25.9. The number of benzene rings is 3. The van der Waals surface area contributed by atoms with Gasteiger partial charge in [-0.15, -0.1) is 0 Å². The molecule has 1 aliphatic heterocycles. The van der Waals surface area contributed by atoms with E-state index in [4.69, 9.17) is 30.8 Å². The Kier molecular flexibility index (Phi) is 8.05. The first-order valence-corrected chi connectivity index (χ1v) is 13.5. The summed E-state index contributed by atoms with van der Waals surface area (Å²) in [6.45, 7) is 0.897. The Balaban J connectivity index is 1.30. The second-order valence-corrected chi connectivity index (χ2v) is 10.1. The van der Waals surface area contributed by atoms with Crippen LogP contribution in [0, 0.1) is 0 Å². The van der Waals surface area contributed by atoms with Gasteiger partial charge in [0.25, 0.3) is 5.56 Å². The third-order valence-corrected chi connectivity index (χ3v) is 7.43. The van der Waals surface area contributed by atoms with Crippen molar-refractivity contribution in [1.82, 2.24) is 14.9 Å². The van der Waals surface area contributed by atoms with Gasteiger partial charge in [0.15, 0.2) is 16.7 Å². The molecule has 0 saturated heterocycles. The number of carbonyl (C=O) groups is 1. The number of carbonyl (C=O) groups excluding carboxylic acids is 1. The number of thioether (sulfide) groups is 1. The van der Waals surface area contributed by atoms with E-state index in [9.17, 15) is 9.59 Å². The van der Waals surface area contributed by atoms with Crippen LogP contribution >= 0.6 is 23.4 Å². The standard InChI is InChI=1S/C28H26ClN3O5S/c1-35-21-10-6-18(7-11-21)15-30-26(33)3-2-12-32-27(34)22-13-24-25(37-17-36-24)14-23(22)31-28(32)38-16-19-4-8-20(29)9-5-19/h4-11,13-14H,2-3,12,15-17H2,1H3,(H,30,33). The lowest BCUT2D eigenvalue weighted by atomic mass is 10.2. The van der Waals surface area contributed by atoms with Crippen molar-refractivity contribution in [2.45, 2.75) is 36.8 Å². The van der Waals surface area contributed by atoms with Crippen molar-refractivity contribution >= 4 is 40.2 Å². The quantitative estimate of drug-likeness (QED) is 0.214. The highest BCUT2D eigenvalue weighted by Gasteiger charge is 2.19. The highest BCUT2D eigenvalue weighted by molar-refractivity contribution is 7.98. The van der Waals surface area contributed by atoms with E-state index >= 15 is 0 Å². The van der Waals surface area contributed by atoms with Gasteiger partial charge in [-0.05, 0) is 47.9 Å². The second-order valence-electron chi connectivity index (χ2n) is 8.72. The number of hydrogen-bond donors (Lipinski definition) is 1. The molecule has 3 aromatic carbocycles. The number of nitrogens with one attached hydrogen (secondary N) is 1. The van der Waals surface area contributed by atoms with Crippen molar-refractivity contribution in [3.63, 3.8) is 0 Å². The zero-order valence-electron chi connectivity index (χ0n) is 20.7. The summed E-state index contributed by atoms with van der Waals surface area (Å²) >= 11 is 7.48. The maximum absolute atomic E-state index is 13.5. The summed E-state index contributed by atoms with van der Waals surface area (Å²) in [6, 6.07) is 18.5. The number of nitrogens with zero attached hydrogens (tertiary/aromatic N) is 2. The lowest BCUT2D eigenvalue weighted by Gasteiger charge is -2.14. The lowest BCUT2D eigenvalue weighted by Crippen LogP contribution is -2.26. The summed E-state index contributed by atoms with van der Waals surface area (Å²) in [4.78, 5) is 30.8. The molecule has 196 valence electrons. The second kappa shape index (κ2) is 11.8. The Labute approximate surface area is 228 Å². The summed E-state index contributed by atoms with van der Waals surface area (Å²) in [6.07, 6.45) is 0.768. The predicted octanol–water partition coefficient (Wildman–Crippen LogP) is 5.18. The smallest absolute Gasteiger partial charge is 0.262 e. The van der Waals surface area contributed by atoms with Gasteiger partial charge in [-0.1, -0.05) is 47.6 Å².